The summed E-state index contributed by atoms with van der Waals surface area (Å²) in [7, 11) is 3.21. The van der Waals surface area contributed by atoms with E-state index in [1.165, 1.54) is 28.0 Å². The van der Waals surface area contributed by atoms with E-state index in [-0.39, 0.29) is 5.91 Å². The molecule has 6 nitrogen and oxygen atoms in total. The van der Waals surface area contributed by atoms with Gasteiger partial charge in [0.1, 0.15) is 6.61 Å². The number of carbonyl (C=O) groups is 1. The Morgan fingerprint density at radius 3 is 2.18 bits per heavy atom. The van der Waals surface area contributed by atoms with E-state index in [0.29, 0.717) is 36.9 Å². The Bertz CT molecular complexity index is 1190. The van der Waals surface area contributed by atoms with Crippen molar-refractivity contribution in [3.8, 4) is 17.2 Å². The fourth-order valence-electron chi connectivity index (χ4n) is 4.70. The van der Waals surface area contributed by atoms with Gasteiger partial charge in [0, 0.05) is 37.9 Å². The number of amides is 1. The Balaban J connectivity index is 1.61. The Labute approximate surface area is 234 Å². The zero-order valence-electron chi connectivity index (χ0n) is 24.7. The molecule has 0 aliphatic carbocycles. The first-order valence-electron chi connectivity index (χ1n) is 13.7. The Morgan fingerprint density at radius 2 is 1.59 bits per heavy atom. The molecule has 2 aromatic carbocycles. The maximum Gasteiger partial charge on any atom is 0.246 e. The number of methoxy groups -OCH3 is 2. The van der Waals surface area contributed by atoms with Crippen molar-refractivity contribution >= 4 is 17.7 Å². The predicted octanol–water partition coefficient (Wildman–Crippen LogP) is 6.75. The number of rotatable bonds is 11. The highest BCUT2D eigenvalue weighted by molar-refractivity contribution is 5.92. The highest BCUT2D eigenvalue weighted by Gasteiger charge is 2.21. The van der Waals surface area contributed by atoms with Crippen molar-refractivity contribution < 1.29 is 19.0 Å². The highest BCUT2D eigenvalue weighted by Crippen LogP contribution is 2.39. The minimum atomic E-state index is 0.00209. The average molecular weight is 533 g/mol. The van der Waals surface area contributed by atoms with Crippen LogP contribution < -0.4 is 19.1 Å². The molecular weight excluding hydrogens is 488 g/mol. The molecule has 39 heavy (non-hydrogen) atoms. The molecule has 0 saturated carbocycles. The lowest BCUT2D eigenvalue weighted by atomic mass is 10.1. The lowest BCUT2D eigenvalue weighted by molar-refractivity contribution is -0.126. The minimum Gasteiger partial charge on any atom is -0.493 e. The summed E-state index contributed by atoms with van der Waals surface area (Å²) in [5.74, 6) is 1.69. The van der Waals surface area contributed by atoms with Crippen molar-refractivity contribution in [1.82, 2.24) is 4.90 Å². The normalized spacial score (nSPS) is 14.0. The lowest BCUT2D eigenvalue weighted by Crippen LogP contribution is -2.48. The number of nitrogens with zero attached hydrogens (tertiary/aromatic N) is 2. The van der Waals surface area contributed by atoms with Crippen molar-refractivity contribution in [2.45, 2.75) is 47.5 Å². The molecular formula is C33H44N2O4. The van der Waals surface area contributed by atoms with Crippen LogP contribution in [0.3, 0.4) is 0 Å². The number of allylic oxidation sites excluding steroid dienone is 3. The van der Waals surface area contributed by atoms with Crippen LogP contribution in [0.15, 0.2) is 59.7 Å². The van der Waals surface area contributed by atoms with Gasteiger partial charge in [-0.05, 0) is 88.9 Å². The van der Waals surface area contributed by atoms with Crippen LogP contribution in [0.25, 0.3) is 6.08 Å². The second-order valence-corrected chi connectivity index (χ2v) is 10.4. The summed E-state index contributed by atoms with van der Waals surface area (Å²) in [4.78, 5) is 17.2. The molecule has 1 fully saturated rings. The van der Waals surface area contributed by atoms with Crippen molar-refractivity contribution in [1.29, 1.82) is 0 Å². The molecule has 1 aliphatic heterocycles. The Morgan fingerprint density at radius 1 is 0.923 bits per heavy atom. The third-order valence-electron chi connectivity index (χ3n) is 6.94. The summed E-state index contributed by atoms with van der Waals surface area (Å²) >= 11 is 0. The van der Waals surface area contributed by atoms with Gasteiger partial charge in [0.05, 0.1) is 14.2 Å². The second-order valence-electron chi connectivity index (χ2n) is 10.4. The first-order valence-corrected chi connectivity index (χ1v) is 13.7. The molecule has 1 aliphatic rings. The number of hydrogen-bond donors (Lipinski definition) is 0. The fourth-order valence-corrected chi connectivity index (χ4v) is 4.70. The van der Waals surface area contributed by atoms with Crippen LogP contribution >= 0.6 is 0 Å². The first-order chi connectivity index (χ1) is 18.7. The summed E-state index contributed by atoms with van der Waals surface area (Å²) in [5, 5.41) is 0. The first kappa shape index (κ1) is 29.9. The third-order valence-corrected chi connectivity index (χ3v) is 6.94. The fraction of sp³-hybridized carbons (Fsp3) is 0.424. The van der Waals surface area contributed by atoms with Gasteiger partial charge in [-0.15, -0.1) is 0 Å². The summed E-state index contributed by atoms with van der Waals surface area (Å²) in [6.07, 6.45) is 9.79. The number of hydrogen-bond acceptors (Lipinski definition) is 5. The molecule has 0 unspecified atom stereocenters. The molecule has 1 saturated heterocycles. The van der Waals surface area contributed by atoms with E-state index in [1.807, 2.05) is 17.0 Å². The van der Waals surface area contributed by atoms with Crippen molar-refractivity contribution in [2.75, 3.05) is 51.9 Å². The summed E-state index contributed by atoms with van der Waals surface area (Å²) in [5.41, 5.74) is 7.21. The van der Waals surface area contributed by atoms with E-state index in [9.17, 15) is 4.79 Å². The van der Waals surface area contributed by atoms with Gasteiger partial charge in [-0.2, -0.15) is 0 Å². The SMILES string of the molecule is COc1cc(/C=C/C(=O)N2CCN(c3ccc(C)cc3C)CC2)cc(OC)c1OC/C=C(\C)CCC=C(C)C. The molecule has 0 spiro atoms. The Hall–Kier alpha value is -3.67. The smallest absolute Gasteiger partial charge is 0.246 e. The number of ether oxygens (including phenoxy) is 3. The van der Waals surface area contributed by atoms with Crippen molar-refractivity contribution in [3.63, 3.8) is 0 Å². The van der Waals surface area contributed by atoms with Crippen LogP contribution in [0, 0.1) is 13.8 Å². The van der Waals surface area contributed by atoms with Gasteiger partial charge in [-0.1, -0.05) is 34.9 Å². The van der Waals surface area contributed by atoms with Gasteiger partial charge in [0.15, 0.2) is 11.5 Å². The molecule has 0 aromatic heterocycles. The topological polar surface area (TPSA) is 51.2 Å². The van der Waals surface area contributed by atoms with Crippen LogP contribution in [-0.4, -0.2) is 57.8 Å². The van der Waals surface area contributed by atoms with Gasteiger partial charge in [0.2, 0.25) is 11.7 Å². The monoisotopic (exact) mass is 532 g/mol. The van der Waals surface area contributed by atoms with Crippen LogP contribution in [-0.2, 0) is 4.79 Å². The van der Waals surface area contributed by atoms with Crippen LogP contribution in [0.4, 0.5) is 5.69 Å². The van der Waals surface area contributed by atoms with Crippen molar-refractivity contribution in [2.24, 2.45) is 0 Å². The lowest BCUT2D eigenvalue weighted by Gasteiger charge is -2.36. The molecule has 1 amide bonds. The van der Waals surface area contributed by atoms with Gasteiger partial charge >= 0.3 is 0 Å². The molecule has 2 aromatic rings. The molecule has 0 atom stereocenters. The number of anilines is 1. The third kappa shape index (κ3) is 8.67. The Kier molecular flexibility index (Phi) is 11.1. The molecule has 1 heterocycles. The largest absolute Gasteiger partial charge is 0.493 e. The van der Waals surface area contributed by atoms with Gasteiger partial charge < -0.3 is 24.0 Å². The maximum atomic E-state index is 12.9. The van der Waals surface area contributed by atoms with Crippen LogP contribution in [0.5, 0.6) is 17.2 Å². The summed E-state index contributed by atoms with van der Waals surface area (Å²) in [6.45, 7) is 14.0. The number of aryl methyl sites for hydroxylation is 2. The summed E-state index contributed by atoms with van der Waals surface area (Å²) in [6, 6.07) is 10.3. The van der Waals surface area contributed by atoms with Gasteiger partial charge in [-0.25, -0.2) is 0 Å². The van der Waals surface area contributed by atoms with E-state index >= 15 is 0 Å². The minimum absolute atomic E-state index is 0.00209. The molecule has 210 valence electrons. The molecule has 0 bridgehead atoms. The van der Waals surface area contributed by atoms with E-state index in [4.69, 9.17) is 14.2 Å². The van der Waals surface area contributed by atoms with Crippen LogP contribution in [0.2, 0.25) is 0 Å². The summed E-state index contributed by atoms with van der Waals surface area (Å²) < 4.78 is 17.2. The molecule has 6 heteroatoms. The second kappa shape index (κ2) is 14.5. The number of carbonyl (C=O) groups excluding carboxylic acids is 1. The maximum absolute atomic E-state index is 12.9. The number of piperazine rings is 1. The van der Waals surface area contributed by atoms with E-state index < -0.39 is 0 Å². The zero-order valence-corrected chi connectivity index (χ0v) is 24.7. The van der Waals surface area contributed by atoms with Gasteiger partial charge in [0.25, 0.3) is 0 Å². The van der Waals surface area contributed by atoms with Crippen LogP contribution in [0.1, 0.15) is 50.3 Å². The van der Waals surface area contributed by atoms with E-state index in [1.54, 1.807) is 26.4 Å². The molecule has 0 N–H and O–H groups in total. The zero-order chi connectivity index (χ0) is 28.4. The quantitative estimate of drug-likeness (QED) is 0.237. The molecule has 0 radical (unpaired) electrons. The van der Waals surface area contributed by atoms with Crippen molar-refractivity contribution in [3.05, 3.63) is 76.4 Å². The van der Waals surface area contributed by atoms with E-state index in [0.717, 1.165) is 31.5 Å². The predicted molar refractivity (Wildman–Crippen MR) is 161 cm³/mol. The van der Waals surface area contributed by atoms with E-state index in [2.05, 4.69) is 69.9 Å². The standard InChI is InChI=1S/C33H44N2O4/c1-24(2)9-8-10-25(3)15-20-39-33-30(37-6)22-28(23-31(33)38-7)12-14-32(36)35-18-16-34(17-19-35)29-13-11-26(4)21-27(29)5/h9,11-15,21-23H,8,10,16-20H2,1-7H3/b14-12+,25-15+. The number of benzene rings is 2. The highest BCUT2D eigenvalue weighted by atomic mass is 16.5. The average Bonchev–Trinajstić information content (AvgIpc) is 2.91. The van der Waals surface area contributed by atoms with Gasteiger partial charge in [-0.3, -0.25) is 4.79 Å². The molecule has 3 rings (SSSR count).